The zero-order chi connectivity index (χ0) is 14.4. The molecule has 0 aliphatic heterocycles. The molecule has 2 unspecified atom stereocenters. The van der Waals surface area contributed by atoms with Crippen molar-refractivity contribution in [2.45, 2.75) is 26.0 Å². The molecule has 108 valence electrons. The molecule has 2 aromatic rings. The average molecular weight is 273 g/mol. The van der Waals surface area contributed by atoms with E-state index in [1.54, 1.807) is 0 Å². The summed E-state index contributed by atoms with van der Waals surface area (Å²) in [5.41, 5.74) is 0.944. The molecule has 2 atom stereocenters. The summed E-state index contributed by atoms with van der Waals surface area (Å²) >= 11 is 0. The maximum atomic E-state index is 10.3. The van der Waals surface area contributed by atoms with Crippen LogP contribution in [0.3, 0.4) is 0 Å². The van der Waals surface area contributed by atoms with Gasteiger partial charge in [0.15, 0.2) is 0 Å². The molecule has 2 N–H and O–H groups in total. The van der Waals surface area contributed by atoms with Gasteiger partial charge in [-0.15, -0.1) is 0 Å². The molecule has 2 rings (SSSR count). The summed E-state index contributed by atoms with van der Waals surface area (Å²) in [5.74, 6) is 0. The first-order valence-electron chi connectivity index (χ1n) is 7.18. The maximum Gasteiger partial charge on any atom is 0.0914 e. The summed E-state index contributed by atoms with van der Waals surface area (Å²) in [6.07, 6.45) is -0.497. The predicted octanol–water partition coefficient (Wildman–Crippen LogP) is 2.89. The number of hydrogen-bond acceptors (Lipinski definition) is 3. The Hall–Kier alpha value is -1.42. The van der Waals surface area contributed by atoms with Crippen molar-refractivity contribution < 1.29 is 9.84 Å². The summed E-state index contributed by atoms with van der Waals surface area (Å²) in [6.45, 7) is 5.96. The molecule has 0 heterocycles. The Labute approximate surface area is 120 Å². The number of fused-ring (bicyclic) bond motifs is 1. The second-order valence-electron chi connectivity index (χ2n) is 5.09. The van der Waals surface area contributed by atoms with Crippen LogP contribution in [-0.4, -0.2) is 30.9 Å². The van der Waals surface area contributed by atoms with Crippen LogP contribution in [0.4, 0.5) is 0 Å². The molecule has 0 fully saturated rings. The zero-order valence-corrected chi connectivity index (χ0v) is 12.2. The Morgan fingerprint density at radius 2 is 1.90 bits per heavy atom. The molecule has 0 aromatic heterocycles. The van der Waals surface area contributed by atoms with Gasteiger partial charge in [0.1, 0.15) is 0 Å². The summed E-state index contributed by atoms with van der Waals surface area (Å²) in [7, 11) is 0. The number of benzene rings is 2. The highest BCUT2D eigenvalue weighted by molar-refractivity contribution is 5.83. The minimum absolute atomic E-state index is 0.241. The lowest BCUT2D eigenvalue weighted by atomic mass is 10.0. The number of hydrogen-bond donors (Lipinski definition) is 2. The SMILES string of the molecule is CCOCC(C)NCC(O)c1ccc2ccccc2c1. The van der Waals surface area contributed by atoms with Crippen molar-refractivity contribution in [1.29, 1.82) is 0 Å². The molecule has 0 aliphatic carbocycles. The molecule has 0 saturated heterocycles. The van der Waals surface area contributed by atoms with E-state index >= 15 is 0 Å². The summed E-state index contributed by atoms with van der Waals surface area (Å²) in [5, 5.41) is 15.9. The van der Waals surface area contributed by atoms with Crippen LogP contribution in [0.15, 0.2) is 42.5 Å². The molecule has 3 heteroatoms. The topological polar surface area (TPSA) is 41.5 Å². The standard InChI is InChI=1S/C17H23NO2/c1-3-20-12-13(2)18-11-17(19)16-9-8-14-6-4-5-7-15(14)10-16/h4-10,13,17-19H,3,11-12H2,1-2H3. The number of aliphatic hydroxyl groups is 1. The zero-order valence-electron chi connectivity index (χ0n) is 12.2. The molecular weight excluding hydrogens is 250 g/mol. The van der Waals surface area contributed by atoms with Crippen molar-refractivity contribution in [2.75, 3.05) is 19.8 Å². The lowest BCUT2D eigenvalue weighted by Crippen LogP contribution is -2.33. The molecule has 0 saturated carbocycles. The summed E-state index contributed by atoms with van der Waals surface area (Å²) in [6, 6.07) is 14.5. The van der Waals surface area contributed by atoms with Gasteiger partial charge in [0.2, 0.25) is 0 Å². The third kappa shape index (κ3) is 4.04. The quantitative estimate of drug-likeness (QED) is 0.815. The monoisotopic (exact) mass is 273 g/mol. The van der Waals surface area contributed by atoms with Crippen LogP contribution in [0.1, 0.15) is 25.5 Å². The van der Waals surface area contributed by atoms with Crippen molar-refractivity contribution in [1.82, 2.24) is 5.32 Å². The molecule has 0 bridgehead atoms. The second kappa shape index (κ2) is 7.39. The van der Waals surface area contributed by atoms with E-state index in [9.17, 15) is 5.11 Å². The number of rotatable bonds is 7. The number of aliphatic hydroxyl groups excluding tert-OH is 1. The van der Waals surface area contributed by atoms with E-state index in [1.165, 1.54) is 5.39 Å². The fourth-order valence-corrected chi connectivity index (χ4v) is 2.20. The highest BCUT2D eigenvalue weighted by atomic mass is 16.5. The van der Waals surface area contributed by atoms with Gasteiger partial charge >= 0.3 is 0 Å². The predicted molar refractivity (Wildman–Crippen MR) is 82.9 cm³/mol. The number of ether oxygens (including phenoxy) is 1. The Bertz CT molecular complexity index is 541. The van der Waals surface area contributed by atoms with Crippen LogP contribution in [-0.2, 0) is 4.74 Å². The Balaban J connectivity index is 1.95. The largest absolute Gasteiger partial charge is 0.387 e. The molecule has 0 radical (unpaired) electrons. The Morgan fingerprint density at radius 3 is 2.65 bits per heavy atom. The van der Waals surface area contributed by atoms with Gasteiger partial charge in [-0.25, -0.2) is 0 Å². The normalized spacial score (nSPS) is 14.3. The maximum absolute atomic E-state index is 10.3. The van der Waals surface area contributed by atoms with Crippen LogP contribution in [0, 0.1) is 0 Å². The van der Waals surface area contributed by atoms with Gasteiger partial charge in [-0.3, -0.25) is 0 Å². The van der Waals surface area contributed by atoms with Gasteiger partial charge in [0.05, 0.1) is 12.7 Å². The first-order chi connectivity index (χ1) is 9.70. The molecule has 0 amide bonds. The highest BCUT2D eigenvalue weighted by Gasteiger charge is 2.10. The smallest absolute Gasteiger partial charge is 0.0914 e. The molecule has 0 aliphatic rings. The minimum Gasteiger partial charge on any atom is -0.387 e. The van der Waals surface area contributed by atoms with Gasteiger partial charge in [-0.05, 0) is 36.2 Å². The van der Waals surface area contributed by atoms with E-state index in [0.29, 0.717) is 13.2 Å². The first kappa shape index (κ1) is 15.0. The third-order valence-corrected chi connectivity index (χ3v) is 3.39. The van der Waals surface area contributed by atoms with E-state index < -0.39 is 6.10 Å². The average Bonchev–Trinajstić information content (AvgIpc) is 2.50. The van der Waals surface area contributed by atoms with Crippen LogP contribution in [0.25, 0.3) is 10.8 Å². The fourth-order valence-electron chi connectivity index (χ4n) is 2.20. The molecule has 20 heavy (non-hydrogen) atoms. The summed E-state index contributed by atoms with van der Waals surface area (Å²) in [4.78, 5) is 0. The van der Waals surface area contributed by atoms with Gasteiger partial charge < -0.3 is 15.2 Å². The van der Waals surface area contributed by atoms with E-state index in [1.807, 2.05) is 25.1 Å². The van der Waals surface area contributed by atoms with Gasteiger partial charge in [0, 0.05) is 19.2 Å². The fraction of sp³-hybridized carbons (Fsp3) is 0.412. The van der Waals surface area contributed by atoms with Crippen LogP contribution in [0.5, 0.6) is 0 Å². The van der Waals surface area contributed by atoms with Gasteiger partial charge in [-0.2, -0.15) is 0 Å². The van der Waals surface area contributed by atoms with E-state index in [0.717, 1.165) is 17.6 Å². The first-order valence-corrected chi connectivity index (χ1v) is 7.18. The Kier molecular flexibility index (Phi) is 5.53. The number of nitrogens with one attached hydrogen (secondary N) is 1. The highest BCUT2D eigenvalue weighted by Crippen LogP contribution is 2.20. The van der Waals surface area contributed by atoms with Gasteiger partial charge in [-0.1, -0.05) is 36.4 Å². The van der Waals surface area contributed by atoms with Crippen LogP contribution in [0.2, 0.25) is 0 Å². The third-order valence-electron chi connectivity index (χ3n) is 3.39. The van der Waals surface area contributed by atoms with Crippen molar-refractivity contribution >= 4 is 10.8 Å². The van der Waals surface area contributed by atoms with E-state index in [4.69, 9.17) is 4.74 Å². The summed E-state index contributed by atoms with van der Waals surface area (Å²) < 4.78 is 5.35. The van der Waals surface area contributed by atoms with Crippen molar-refractivity contribution in [2.24, 2.45) is 0 Å². The molecule has 0 spiro atoms. The lowest BCUT2D eigenvalue weighted by molar-refractivity contribution is 0.116. The van der Waals surface area contributed by atoms with Crippen molar-refractivity contribution in [3.63, 3.8) is 0 Å². The molecular formula is C17H23NO2. The lowest BCUT2D eigenvalue weighted by Gasteiger charge is -2.17. The molecule has 3 nitrogen and oxygen atoms in total. The minimum atomic E-state index is -0.497. The van der Waals surface area contributed by atoms with Crippen LogP contribution >= 0.6 is 0 Å². The second-order valence-corrected chi connectivity index (χ2v) is 5.09. The Morgan fingerprint density at radius 1 is 1.15 bits per heavy atom. The van der Waals surface area contributed by atoms with Crippen molar-refractivity contribution in [3.05, 3.63) is 48.0 Å². The van der Waals surface area contributed by atoms with Crippen molar-refractivity contribution in [3.8, 4) is 0 Å². The van der Waals surface area contributed by atoms with E-state index in [-0.39, 0.29) is 6.04 Å². The van der Waals surface area contributed by atoms with Gasteiger partial charge in [0.25, 0.3) is 0 Å². The van der Waals surface area contributed by atoms with E-state index in [2.05, 4.69) is 36.5 Å². The van der Waals surface area contributed by atoms with Crippen LogP contribution < -0.4 is 5.32 Å². The molecule has 2 aromatic carbocycles.